The standard InChI is InChI=1S/C24H24Cl2N2O3/c1-15-4-7-18(8-5-15)28-23(29)14-31-24-21(26)10-17(11-22(24)30-3)13-27-19-9-6-16(2)20(25)12-19/h4-12,27H,13-14H2,1-3H3,(H,28,29). The maximum absolute atomic E-state index is 12.2. The third-order valence-corrected chi connectivity index (χ3v) is 5.33. The summed E-state index contributed by atoms with van der Waals surface area (Å²) in [6.07, 6.45) is 0. The zero-order chi connectivity index (χ0) is 22.4. The van der Waals surface area contributed by atoms with Crippen molar-refractivity contribution >= 4 is 40.5 Å². The van der Waals surface area contributed by atoms with Gasteiger partial charge in [0.05, 0.1) is 12.1 Å². The van der Waals surface area contributed by atoms with E-state index in [4.69, 9.17) is 32.7 Å². The van der Waals surface area contributed by atoms with Crippen LogP contribution in [0.2, 0.25) is 10.0 Å². The Morgan fingerprint density at radius 2 is 1.65 bits per heavy atom. The highest BCUT2D eigenvalue weighted by Crippen LogP contribution is 2.36. The second-order valence-corrected chi connectivity index (χ2v) is 7.94. The van der Waals surface area contributed by atoms with E-state index in [0.29, 0.717) is 33.8 Å². The van der Waals surface area contributed by atoms with Gasteiger partial charge in [-0.25, -0.2) is 0 Å². The number of methoxy groups -OCH3 is 1. The topological polar surface area (TPSA) is 59.6 Å². The largest absolute Gasteiger partial charge is 0.493 e. The zero-order valence-electron chi connectivity index (χ0n) is 17.6. The third kappa shape index (κ3) is 6.29. The number of benzene rings is 3. The minimum Gasteiger partial charge on any atom is -0.493 e. The van der Waals surface area contributed by atoms with Crippen LogP contribution < -0.4 is 20.1 Å². The lowest BCUT2D eigenvalue weighted by Crippen LogP contribution is -2.20. The average molecular weight is 459 g/mol. The van der Waals surface area contributed by atoms with Gasteiger partial charge in [0, 0.05) is 22.9 Å². The number of carbonyl (C=O) groups excluding carboxylic acids is 1. The number of anilines is 2. The number of ether oxygens (including phenoxy) is 2. The van der Waals surface area contributed by atoms with Gasteiger partial charge in [-0.3, -0.25) is 4.79 Å². The molecule has 0 spiro atoms. The van der Waals surface area contributed by atoms with E-state index in [1.807, 2.05) is 62.4 Å². The van der Waals surface area contributed by atoms with Crippen molar-refractivity contribution in [3.8, 4) is 11.5 Å². The van der Waals surface area contributed by atoms with Crippen LogP contribution in [0.15, 0.2) is 54.6 Å². The van der Waals surface area contributed by atoms with E-state index in [0.717, 1.165) is 22.4 Å². The normalized spacial score (nSPS) is 10.5. The van der Waals surface area contributed by atoms with Crippen LogP contribution in [0.3, 0.4) is 0 Å². The summed E-state index contributed by atoms with van der Waals surface area (Å²) in [5.74, 6) is 0.490. The molecule has 0 heterocycles. The predicted octanol–water partition coefficient (Wildman–Crippen LogP) is 6.25. The Kier molecular flexibility index (Phi) is 7.66. The van der Waals surface area contributed by atoms with Gasteiger partial charge in [-0.1, -0.05) is 47.0 Å². The van der Waals surface area contributed by atoms with Gasteiger partial charge in [-0.2, -0.15) is 0 Å². The van der Waals surface area contributed by atoms with E-state index in [1.165, 1.54) is 7.11 Å². The van der Waals surface area contributed by atoms with Crippen LogP contribution in [-0.2, 0) is 11.3 Å². The summed E-state index contributed by atoms with van der Waals surface area (Å²) in [5.41, 5.74) is 4.64. The van der Waals surface area contributed by atoms with Gasteiger partial charge < -0.3 is 20.1 Å². The number of rotatable bonds is 8. The molecule has 0 saturated heterocycles. The maximum Gasteiger partial charge on any atom is 0.262 e. The summed E-state index contributed by atoms with van der Waals surface area (Å²) in [5, 5.41) is 7.16. The van der Waals surface area contributed by atoms with Crippen molar-refractivity contribution in [2.45, 2.75) is 20.4 Å². The Hall–Kier alpha value is -2.89. The molecule has 1 amide bonds. The van der Waals surface area contributed by atoms with E-state index in [9.17, 15) is 4.79 Å². The zero-order valence-corrected chi connectivity index (χ0v) is 19.1. The van der Waals surface area contributed by atoms with Crippen molar-refractivity contribution in [3.05, 3.63) is 81.3 Å². The molecule has 3 aromatic rings. The molecule has 0 aliphatic rings. The predicted molar refractivity (Wildman–Crippen MR) is 127 cm³/mol. The number of hydrogen-bond acceptors (Lipinski definition) is 4. The molecule has 0 unspecified atom stereocenters. The SMILES string of the molecule is COc1cc(CNc2ccc(C)c(Cl)c2)cc(Cl)c1OCC(=O)Nc1ccc(C)cc1. The Morgan fingerprint density at radius 1 is 0.935 bits per heavy atom. The fourth-order valence-electron chi connectivity index (χ4n) is 2.89. The third-order valence-electron chi connectivity index (χ3n) is 4.64. The molecule has 0 atom stereocenters. The molecule has 3 aromatic carbocycles. The number of halogens is 2. The van der Waals surface area contributed by atoms with E-state index < -0.39 is 0 Å². The molecule has 0 fully saturated rings. The Balaban J connectivity index is 1.63. The summed E-state index contributed by atoms with van der Waals surface area (Å²) in [6, 6.07) is 16.9. The molecule has 0 aliphatic heterocycles. The number of carbonyl (C=O) groups is 1. The van der Waals surface area contributed by atoms with Crippen LogP contribution in [-0.4, -0.2) is 19.6 Å². The second kappa shape index (κ2) is 10.4. The van der Waals surface area contributed by atoms with Crippen LogP contribution in [0.4, 0.5) is 11.4 Å². The van der Waals surface area contributed by atoms with E-state index in [-0.39, 0.29) is 12.5 Å². The van der Waals surface area contributed by atoms with Crippen molar-refractivity contribution in [2.75, 3.05) is 24.4 Å². The first-order valence-corrected chi connectivity index (χ1v) is 10.5. The lowest BCUT2D eigenvalue weighted by atomic mass is 10.1. The fourth-order valence-corrected chi connectivity index (χ4v) is 3.36. The molecule has 0 saturated carbocycles. The molecule has 5 nitrogen and oxygen atoms in total. The van der Waals surface area contributed by atoms with Crippen molar-refractivity contribution in [3.63, 3.8) is 0 Å². The summed E-state index contributed by atoms with van der Waals surface area (Å²) < 4.78 is 11.1. The molecule has 0 aliphatic carbocycles. The molecule has 162 valence electrons. The van der Waals surface area contributed by atoms with Gasteiger partial charge in [0.1, 0.15) is 0 Å². The summed E-state index contributed by atoms with van der Waals surface area (Å²) >= 11 is 12.6. The Bertz CT molecular complexity index is 1070. The van der Waals surface area contributed by atoms with Gasteiger partial charge >= 0.3 is 0 Å². The minimum atomic E-state index is -0.288. The molecule has 7 heteroatoms. The van der Waals surface area contributed by atoms with Crippen LogP contribution in [0.1, 0.15) is 16.7 Å². The van der Waals surface area contributed by atoms with Crippen LogP contribution in [0.25, 0.3) is 0 Å². The molecule has 0 radical (unpaired) electrons. The number of amides is 1. The molecular formula is C24H24Cl2N2O3. The second-order valence-electron chi connectivity index (χ2n) is 7.13. The first-order chi connectivity index (χ1) is 14.9. The lowest BCUT2D eigenvalue weighted by Gasteiger charge is -2.15. The van der Waals surface area contributed by atoms with E-state index in [2.05, 4.69) is 10.6 Å². The smallest absolute Gasteiger partial charge is 0.262 e. The first-order valence-electron chi connectivity index (χ1n) is 9.71. The lowest BCUT2D eigenvalue weighted by molar-refractivity contribution is -0.118. The van der Waals surface area contributed by atoms with Gasteiger partial charge in [-0.15, -0.1) is 0 Å². The first kappa shape index (κ1) is 22.8. The summed E-state index contributed by atoms with van der Waals surface area (Å²) in [4.78, 5) is 12.2. The van der Waals surface area contributed by atoms with Gasteiger partial charge in [0.15, 0.2) is 18.1 Å². The van der Waals surface area contributed by atoms with Crippen molar-refractivity contribution in [1.82, 2.24) is 0 Å². The maximum atomic E-state index is 12.2. The van der Waals surface area contributed by atoms with E-state index >= 15 is 0 Å². The van der Waals surface area contributed by atoms with Gasteiger partial charge in [-0.05, 0) is 61.4 Å². The van der Waals surface area contributed by atoms with Crippen molar-refractivity contribution in [2.24, 2.45) is 0 Å². The molecule has 31 heavy (non-hydrogen) atoms. The Morgan fingerprint density at radius 3 is 2.32 bits per heavy atom. The number of nitrogens with one attached hydrogen (secondary N) is 2. The highest BCUT2D eigenvalue weighted by molar-refractivity contribution is 6.32. The molecular weight excluding hydrogens is 435 g/mol. The Labute approximate surface area is 192 Å². The summed E-state index contributed by atoms with van der Waals surface area (Å²) in [7, 11) is 1.53. The quantitative estimate of drug-likeness (QED) is 0.418. The van der Waals surface area contributed by atoms with Crippen molar-refractivity contribution < 1.29 is 14.3 Å². The number of hydrogen-bond donors (Lipinski definition) is 2. The molecule has 3 rings (SSSR count). The molecule has 0 bridgehead atoms. The van der Waals surface area contributed by atoms with Gasteiger partial charge in [0.2, 0.25) is 0 Å². The van der Waals surface area contributed by atoms with Crippen LogP contribution in [0.5, 0.6) is 11.5 Å². The monoisotopic (exact) mass is 458 g/mol. The van der Waals surface area contributed by atoms with Crippen LogP contribution >= 0.6 is 23.2 Å². The van der Waals surface area contributed by atoms with Crippen LogP contribution in [0, 0.1) is 13.8 Å². The average Bonchev–Trinajstić information content (AvgIpc) is 2.75. The minimum absolute atomic E-state index is 0.191. The summed E-state index contributed by atoms with van der Waals surface area (Å²) in [6.45, 7) is 4.27. The number of aryl methyl sites for hydroxylation is 2. The van der Waals surface area contributed by atoms with Crippen molar-refractivity contribution in [1.29, 1.82) is 0 Å². The van der Waals surface area contributed by atoms with E-state index in [1.54, 1.807) is 6.07 Å². The highest BCUT2D eigenvalue weighted by atomic mass is 35.5. The molecule has 2 N–H and O–H groups in total. The fraction of sp³-hybridized carbons (Fsp3) is 0.208. The van der Waals surface area contributed by atoms with Gasteiger partial charge in [0.25, 0.3) is 5.91 Å². The highest BCUT2D eigenvalue weighted by Gasteiger charge is 2.14. The molecule has 0 aromatic heterocycles.